The van der Waals surface area contributed by atoms with Crippen LogP contribution in [0.25, 0.3) is 0 Å². The molecule has 0 amide bonds. The van der Waals surface area contributed by atoms with Crippen molar-refractivity contribution in [3.05, 3.63) is 81.2 Å². The van der Waals surface area contributed by atoms with Gasteiger partial charge >= 0.3 is 6.05 Å². The SMILES string of the molecule is CCC/C=C(OC)/C(=C/C(=C(C)C)/C(=N\C(C)=C(\C)CC)NCc1cccc(C(N)(F)F)c1F)N1CCOC(CC)C1. The lowest BCUT2D eigenvalue weighted by Gasteiger charge is -2.36. The van der Waals surface area contributed by atoms with Crippen LogP contribution in [0.2, 0.25) is 0 Å². The van der Waals surface area contributed by atoms with Gasteiger partial charge < -0.3 is 19.7 Å². The van der Waals surface area contributed by atoms with E-state index in [4.69, 9.17) is 20.2 Å². The normalized spacial score (nSPS) is 17.7. The van der Waals surface area contributed by atoms with Gasteiger partial charge in [-0.2, -0.15) is 8.78 Å². The van der Waals surface area contributed by atoms with Crippen LogP contribution in [0.15, 0.2) is 69.2 Å². The Balaban J connectivity index is 2.70. The van der Waals surface area contributed by atoms with Crippen molar-refractivity contribution in [3.8, 4) is 0 Å². The lowest BCUT2D eigenvalue weighted by Crippen LogP contribution is -2.42. The Kier molecular flexibility index (Phi) is 13.9. The molecule has 1 fully saturated rings. The maximum atomic E-state index is 15.1. The number of amidine groups is 1. The topological polar surface area (TPSA) is 72.1 Å². The summed E-state index contributed by atoms with van der Waals surface area (Å²) in [7, 11) is 1.67. The summed E-state index contributed by atoms with van der Waals surface area (Å²) in [5.41, 5.74) is 8.75. The largest absolute Gasteiger partial charge is 0.495 e. The van der Waals surface area contributed by atoms with E-state index in [0.717, 1.165) is 65.6 Å². The lowest BCUT2D eigenvalue weighted by molar-refractivity contribution is -0.0191. The number of unbranched alkanes of at least 4 members (excludes halogenated alkanes) is 1. The van der Waals surface area contributed by atoms with E-state index in [0.29, 0.717) is 25.5 Å². The van der Waals surface area contributed by atoms with Gasteiger partial charge in [0.05, 0.1) is 31.1 Å². The second-order valence-electron chi connectivity index (χ2n) is 10.8. The van der Waals surface area contributed by atoms with Gasteiger partial charge in [-0.05, 0) is 65.2 Å². The van der Waals surface area contributed by atoms with Crippen LogP contribution in [0.1, 0.15) is 85.3 Å². The maximum absolute atomic E-state index is 15.1. The molecule has 6 nitrogen and oxygen atoms in total. The first kappa shape index (κ1) is 35.2. The molecule has 1 aliphatic heterocycles. The Morgan fingerprint density at radius 3 is 2.50 bits per heavy atom. The average Bonchev–Trinajstić information content (AvgIpc) is 2.96. The highest BCUT2D eigenvalue weighted by atomic mass is 19.3. The standard InChI is InChI=1S/C33H49F3N4O2/c1-9-12-16-30(41-8)29(40-17-18-42-26(11-3)21-40)19-27(22(4)5)32(39-24(7)23(6)10-2)38-20-25-14-13-15-28(31(25)34)33(35,36)37/h13-16,19,26H,9-12,17-18,20-21,37H2,1-8H3,(H,38,39)/b24-23-,29-19-,30-16-. The zero-order chi connectivity index (χ0) is 31.4. The molecule has 42 heavy (non-hydrogen) atoms. The summed E-state index contributed by atoms with van der Waals surface area (Å²) in [5, 5.41) is 3.26. The Labute approximate surface area is 250 Å². The predicted molar refractivity (Wildman–Crippen MR) is 165 cm³/mol. The quantitative estimate of drug-likeness (QED) is 0.0810. The minimum Gasteiger partial charge on any atom is -0.495 e. The second-order valence-corrected chi connectivity index (χ2v) is 10.8. The number of aliphatic imine (C=N–C) groups is 1. The van der Waals surface area contributed by atoms with Crippen molar-refractivity contribution >= 4 is 5.84 Å². The van der Waals surface area contributed by atoms with E-state index in [1.54, 1.807) is 7.11 Å². The smallest absolute Gasteiger partial charge is 0.329 e. The van der Waals surface area contributed by atoms with Crippen molar-refractivity contribution in [1.82, 2.24) is 10.2 Å². The molecule has 9 heteroatoms. The van der Waals surface area contributed by atoms with E-state index in [2.05, 4.69) is 43.1 Å². The van der Waals surface area contributed by atoms with Crippen molar-refractivity contribution < 1.29 is 22.6 Å². The number of ether oxygens (including phenoxy) is 2. The molecular formula is C33H49F3N4O2. The molecule has 0 radical (unpaired) electrons. The van der Waals surface area contributed by atoms with Gasteiger partial charge in [0.15, 0.2) is 0 Å². The third-order valence-corrected chi connectivity index (χ3v) is 7.41. The Hall–Kier alpha value is -3.04. The van der Waals surface area contributed by atoms with Crippen LogP contribution in [-0.2, 0) is 22.1 Å². The number of nitrogens with two attached hydrogens (primary N) is 1. The van der Waals surface area contributed by atoms with Gasteiger partial charge in [0, 0.05) is 36.5 Å². The number of allylic oxidation sites excluding steroid dienone is 4. The molecule has 234 valence electrons. The van der Waals surface area contributed by atoms with Gasteiger partial charge in [0.1, 0.15) is 17.4 Å². The molecule has 0 bridgehead atoms. The van der Waals surface area contributed by atoms with E-state index in [-0.39, 0.29) is 18.2 Å². The van der Waals surface area contributed by atoms with Crippen LogP contribution in [-0.4, -0.2) is 43.6 Å². The minimum atomic E-state index is -3.78. The van der Waals surface area contributed by atoms with Crippen molar-refractivity contribution in [2.75, 3.05) is 26.8 Å². The zero-order valence-corrected chi connectivity index (χ0v) is 26.5. The predicted octanol–water partition coefficient (Wildman–Crippen LogP) is 7.69. The van der Waals surface area contributed by atoms with Crippen LogP contribution in [0.5, 0.6) is 0 Å². The van der Waals surface area contributed by atoms with E-state index in [9.17, 15) is 8.78 Å². The van der Waals surface area contributed by atoms with E-state index in [1.807, 2.05) is 27.7 Å². The molecule has 0 spiro atoms. The summed E-state index contributed by atoms with van der Waals surface area (Å²) in [4.78, 5) is 7.22. The molecule has 3 N–H and O–H groups in total. The minimum absolute atomic E-state index is 0.0642. The number of alkyl halides is 2. The number of hydrogen-bond acceptors (Lipinski definition) is 5. The molecule has 1 atom stereocenters. The average molecular weight is 591 g/mol. The highest BCUT2D eigenvalue weighted by Gasteiger charge is 2.30. The highest BCUT2D eigenvalue weighted by molar-refractivity contribution is 6.02. The fourth-order valence-electron chi connectivity index (χ4n) is 4.52. The van der Waals surface area contributed by atoms with Crippen LogP contribution in [0.4, 0.5) is 13.2 Å². The molecule has 2 rings (SSSR count). The monoisotopic (exact) mass is 590 g/mol. The van der Waals surface area contributed by atoms with Crippen molar-refractivity contribution in [1.29, 1.82) is 0 Å². The number of nitrogens with one attached hydrogen (secondary N) is 1. The lowest BCUT2D eigenvalue weighted by atomic mass is 10.0. The summed E-state index contributed by atoms with van der Waals surface area (Å²) >= 11 is 0. The molecule has 1 saturated heterocycles. The molecule has 1 aromatic carbocycles. The van der Waals surface area contributed by atoms with Gasteiger partial charge in [-0.25, -0.2) is 9.38 Å². The van der Waals surface area contributed by atoms with Gasteiger partial charge in [0.25, 0.3) is 0 Å². The van der Waals surface area contributed by atoms with Gasteiger partial charge in [-0.15, -0.1) is 0 Å². The Bertz CT molecular complexity index is 1210. The number of methoxy groups -OCH3 is 1. The van der Waals surface area contributed by atoms with E-state index < -0.39 is 17.4 Å². The Morgan fingerprint density at radius 2 is 1.93 bits per heavy atom. The van der Waals surface area contributed by atoms with Crippen LogP contribution in [0, 0.1) is 5.82 Å². The second kappa shape index (κ2) is 16.6. The first-order chi connectivity index (χ1) is 19.9. The summed E-state index contributed by atoms with van der Waals surface area (Å²) in [6, 6.07) is 0.0643. The molecule has 0 saturated carbocycles. The van der Waals surface area contributed by atoms with Crippen LogP contribution < -0.4 is 11.1 Å². The highest BCUT2D eigenvalue weighted by Crippen LogP contribution is 2.27. The molecule has 0 aromatic heterocycles. The molecule has 1 aromatic rings. The maximum Gasteiger partial charge on any atom is 0.329 e. The van der Waals surface area contributed by atoms with Crippen LogP contribution >= 0.6 is 0 Å². The molecule has 0 aliphatic carbocycles. The molecule has 1 aliphatic rings. The number of halogens is 3. The first-order valence-electron chi connectivity index (χ1n) is 14.8. The molecule has 1 heterocycles. The number of morpholine rings is 1. The zero-order valence-electron chi connectivity index (χ0n) is 26.5. The molecule has 1 unspecified atom stereocenters. The summed E-state index contributed by atoms with van der Waals surface area (Å²) in [5.74, 6) is 0.230. The van der Waals surface area contributed by atoms with Gasteiger partial charge in [-0.3, -0.25) is 5.73 Å². The fraction of sp³-hybridized carbons (Fsp3) is 0.545. The number of rotatable bonds is 13. The van der Waals surface area contributed by atoms with Crippen LogP contribution in [0.3, 0.4) is 0 Å². The summed E-state index contributed by atoms with van der Waals surface area (Å²) in [6.45, 7) is 16.1. The van der Waals surface area contributed by atoms with Gasteiger partial charge in [0.2, 0.25) is 0 Å². The Morgan fingerprint density at radius 1 is 1.21 bits per heavy atom. The van der Waals surface area contributed by atoms with Crippen molar-refractivity contribution in [2.45, 2.75) is 92.8 Å². The molecular weight excluding hydrogens is 541 g/mol. The third-order valence-electron chi connectivity index (χ3n) is 7.41. The van der Waals surface area contributed by atoms with Crippen molar-refractivity contribution in [2.24, 2.45) is 10.7 Å². The van der Waals surface area contributed by atoms with Crippen molar-refractivity contribution in [3.63, 3.8) is 0 Å². The first-order valence-corrected chi connectivity index (χ1v) is 14.8. The van der Waals surface area contributed by atoms with E-state index in [1.165, 1.54) is 12.1 Å². The fourth-order valence-corrected chi connectivity index (χ4v) is 4.52. The third kappa shape index (κ3) is 9.76. The van der Waals surface area contributed by atoms with Gasteiger partial charge in [-0.1, -0.05) is 50.5 Å². The number of benzene rings is 1. The number of hydrogen-bond donors (Lipinski definition) is 2. The number of nitrogens with zero attached hydrogens (tertiary/aromatic N) is 2. The summed E-state index contributed by atoms with van der Waals surface area (Å²) in [6.07, 6.45) is 7.77. The van der Waals surface area contributed by atoms with E-state index >= 15 is 4.39 Å². The summed E-state index contributed by atoms with van der Waals surface area (Å²) < 4.78 is 54.6.